The van der Waals surface area contributed by atoms with Crippen LogP contribution in [0.4, 0.5) is 13.2 Å². The van der Waals surface area contributed by atoms with Crippen molar-refractivity contribution in [2.24, 2.45) is 4.99 Å². The highest BCUT2D eigenvalue weighted by atomic mass is 19.4. The Bertz CT molecular complexity index is 560. The van der Waals surface area contributed by atoms with Crippen molar-refractivity contribution in [3.05, 3.63) is 35.4 Å². The molecule has 1 heterocycles. The highest BCUT2D eigenvalue weighted by molar-refractivity contribution is 5.79. The summed E-state index contributed by atoms with van der Waals surface area (Å²) in [7, 11) is 2.05. The molecule has 0 amide bonds. The van der Waals surface area contributed by atoms with Gasteiger partial charge in [0.1, 0.15) is 0 Å². The minimum Gasteiger partial charge on any atom is -0.374 e. The molecule has 140 valence electrons. The van der Waals surface area contributed by atoms with Crippen molar-refractivity contribution in [3.8, 4) is 0 Å². The number of benzene rings is 1. The molecule has 1 fully saturated rings. The number of likely N-dealkylation sites (N-methyl/N-ethyl adjacent to an activating group) is 1. The number of hydrogen-bond acceptors (Lipinski definition) is 3. The van der Waals surface area contributed by atoms with E-state index in [1.165, 1.54) is 12.1 Å². The fourth-order valence-corrected chi connectivity index (χ4v) is 2.51. The molecule has 1 aromatic carbocycles. The second kappa shape index (κ2) is 9.05. The number of hydrogen-bond donors (Lipinski definition) is 2. The first-order chi connectivity index (χ1) is 11.9. The van der Waals surface area contributed by atoms with Crippen LogP contribution in [0.5, 0.6) is 0 Å². The summed E-state index contributed by atoms with van der Waals surface area (Å²) in [6, 6.07) is 5.07. The van der Waals surface area contributed by atoms with Crippen LogP contribution < -0.4 is 10.6 Å². The molecule has 25 heavy (non-hydrogen) atoms. The van der Waals surface area contributed by atoms with E-state index in [1.54, 1.807) is 0 Å². The van der Waals surface area contributed by atoms with Crippen molar-refractivity contribution in [2.75, 3.05) is 39.8 Å². The van der Waals surface area contributed by atoms with Crippen molar-refractivity contribution in [1.29, 1.82) is 0 Å². The Morgan fingerprint density at radius 3 is 2.60 bits per heavy atom. The smallest absolute Gasteiger partial charge is 0.374 e. The average Bonchev–Trinajstić information content (AvgIpc) is 2.57. The van der Waals surface area contributed by atoms with Crippen LogP contribution in [0.3, 0.4) is 0 Å². The monoisotopic (exact) mass is 358 g/mol. The zero-order valence-corrected chi connectivity index (χ0v) is 14.6. The van der Waals surface area contributed by atoms with E-state index in [0.29, 0.717) is 32.2 Å². The minimum absolute atomic E-state index is 0.0914. The number of guanidine groups is 1. The lowest BCUT2D eigenvalue weighted by Gasteiger charge is -2.30. The summed E-state index contributed by atoms with van der Waals surface area (Å²) in [5.74, 6) is 0.624. The van der Waals surface area contributed by atoms with E-state index in [1.807, 2.05) is 6.92 Å². The van der Waals surface area contributed by atoms with Gasteiger partial charge in [-0.2, -0.15) is 13.2 Å². The van der Waals surface area contributed by atoms with Gasteiger partial charge < -0.3 is 20.3 Å². The van der Waals surface area contributed by atoms with Gasteiger partial charge in [0.15, 0.2) is 5.96 Å². The second-order valence-electron chi connectivity index (χ2n) is 6.03. The van der Waals surface area contributed by atoms with Crippen LogP contribution in [0.25, 0.3) is 0 Å². The third-order valence-corrected chi connectivity index (χ3v) is 3.88. The molecule has 8 heteroatoms. The summed E-state index contributed by atoms with van der Waals surface area (Å²) in [6.07, 6.45) is -4.22. The van der Waals surface area contributed by atoms with E-state index in [4.69, 9.17) is 4.74 Å². The van der Waals surface area contributed by atoms with Crippen molar-refractivity contribution in [2.45, 2.75) is 25.7 Å². The van der Waals surface area contributed by atoms with Crippen LogP contribution >= 0.6 is 0 Å². The highest BCUT2D eigenvalue weighted by Gasteiger charge is 2.29. The van der Waals surface area contributed by atoms with Crippen LogP contribution in [0, 0.1) is 0 Å². The van der Waals surface area contributed by atoms with E-state index in [-0.39, 0.29) is 6.10 Å². The molecular weight excluding hydrogens is 333 g/mol. The Labute approximate surface area is 146 Å². The van der Waals surface area contributed by atoms with Gasteiger partial charge in [-0.05, 0) is 31.7 Å². The molecule has 0 bridgehead atoms. The molecule has 1 saturated heterocycles. The van der Waals surface area contributed by atoms with Gasteiger partial charge in [0.05, 0.1) is 24.8 Å². The average molecular weight is 358 g/mol. The van der Waals surface area contributed by atoms with Crippen LogP contribution in [0.15, 0.2) is 29.3 Å². The summed E-state index contributed by atoms with van der Waals surface area (Å²) < 4.78 is 43.4. The Hall–Kier alpha value is -1.80. The summed E-state index contributed by atoms with van der Waals surface area (Å²) in [5.41, 5.74) is 0.0719. The lowest BCUT2D eigenvalue weighted by atomic mass is 10.1. The molecular formula is C17H25F3N4O. The Morgan fingerprint density at radius 1 is 1.28 bits per heavy atom. The van der Waals surface area contributed by atoms with Crippen molar-refractivity contribution in [1.82, 2.24) is 15.5 Å². The molecule has 1 aliphatic heterocycles. The molecule has 5 nitrogen and oxygen atoms in total. The van der Waals surface area contributed by atoms with Crippen LogP contribution in [-0.2, 0) is 17.5 Å². The number of nitrogens with zero attached hydrogens (tertiary/aromatic N) is 2. The van der Waals surface area contributed by atoms with Crippen LogP contribution in [0.1, 0.15) is 18.1 Å². The van der Waals surface area contributed by atoms with Gasteiger partial charge in [-0.25, -0.2) is 4.99 Å². The molecule has 1 unspecified atom stereocenters. The third-order valence-electron chi connectivity index (χ3n) is 3.88. The largest absolute Gasteiger partial charge is 0.416 e. The zero-order valence-electron chi connectivity index (χ0n) is 14.6. The molecule has 0 saturated carbocycles. The molecule has 2 rings (SSSR count). The summed E-state index contributed by atoms with van der Waals surface area (Å²) >= 11 is 0. The van der Waals surface area contributed by atoms with E-state index in [2.05, 4.69) is 27.6 Å². The summed E-state index contributed by atoms with van der Waals surface area (Å²) in [6.45, 7) is 6.08. The first-order valence-corrected chi connectivity index (χ1v) is 8.37. The predicted molar refractivity (Wildman–Crippen MR) is 91.5 cm³/mol. The molecule has 1 atom stereocenters. The van der Waals surface area contributed by atoms with Crippen LogP contribution in [0.2, 0.25) is 0 Å². The predicted octanol–water partition coefficient (Wildman–Crippen LogP) is 2.09. The van der Waals surface area contributed by atoms with Gasteiger partial charge >= 0.3 is 6.18 Å². The third kappa shape index (κ3) is 6.55. The Morgan fingerprint density at radius 2 is 2.00 bits per heavy atom. The fraction of sp³-hybridized carbons (Fsp3) is 0.588. The fourth-order valence-electron chi connectivity index (χ4n) is 2.51. The summed E-state index contributed by atoms with van der Waals surface area (Å²) in [5, 5.41) is 6.35. The first-order valence-electron chi connectivity index (χ1n) is 8.37. The van der Waals surface area contributed by atoms with Crippen molar-refractivity contribution < 1.29 is 17.9 Å². The SMILES string of the molecule is CCNC(=NCc1ccc(C(F)(F)F)cc1)NCC1CN(C)CCO1. The maximum absolute atomic E-state index is 12.6. The normalized spacial score (nSPS) is 19.7. The molecule has 0 aromatic heterocycles. The van der Waals surface area contributed by atoms with E-state index < -0.39 is 11.7 Å². The number of ether oxygens (including phenoxy) is 1. The Kier molecular flexibility index (Phi) is 7.07. The van der Waals surface area contributed by atoms with Crippen LogP contribution in [-0.4, -0.2) is 56.8 Å². The van der Waals surface area contributed by atoms with E-state index in [9.17, 15) is 13.2 Å². The van der Waals surface area contributed by atoms with Gasteiger partial charge in [-0.15, -0.1) is 0 Å². The zero-order chi connectivity index (χ0) is 18.3. The topological polar surface area (TPSA) is 48.9 Å². The van der Waals surface area contributed by atoms with Gasteiger partial charge in [0, 0.05) is 26.2 Å². The van der Waals surface area contributed by atoms with Gasteiger partial charge in [0.2, 0.25) is 0 Å². The maximum Gasteiger partial charge on any atom is 0.416 e. The number of aliphatic imine (C=N–C) groups is 1. The number of morpholine rings is 1. The summed E-state index contributed by atoms with van der Waals surface area (Å²) in [4.78, 5) is 6.63. The molecule has 2 N–H and O–H groups in total. The lowest BCUT2D eigenvalue weighted by molar-refractivity contribution is -0.137. The lowest BCUT2D eigenvalue weighted by Crippen LogP contribution is -2.48. The number of halogens is 3. The maximum atomic E-state index is 12.6. The van der Waals surface area contributed by atoms with Gasteiger partial charge in [-0.1, -0.05) is 12.1 Å². The molecule has 0 radical (unpaired) electrons. The quantitative estimate of drug-likeness (QED) is 0.625. The second-order valence-corrected chi connectivity index (χ2v) is 6.03. The molecule has 0 spiro atoms. The molecule has 1 aromatic rings. The van der Waals surface area contributed by atoms with Gasteiger partial charge in [-0.3, -0.25) is 0 Å². The van der Waals surface area contributed by atoms with E-state index in [0.717, 1.165) is 30.8 Å². The number of rotatable bonds is 5. The highest BCUT2D eigenvalue weighted by Crippen LogP contribution is 2.29. The van der Waals surface area contributed by atoms with E-state index >= 15 is 0 Å². The van der Waals surface area contributed by atoms with Gasteiger partial charge in [0.25, 0.3) is 0 Å². The van der Waals surface area contributed by atoms with Crippen molar-refractivity contribution >= 4 is 5.96 Å². The molecule has 0 aliphatic carbocycles. The number of nitrogens with one attached hydrogen (secondary N) is 2. The number of alkyl halides is 3. The molecule has 1 aliphatic rings. The standard InChI is InChI=1S/C17H25F3N4O/c1-3-21-16(23-11-15-12-24(2)8-9-25-15)22-10-13-4-6-14(7-5-13)17(18,19)20/h4-7,15H,3,8-12H2,1-2H3,(H2,21,22,23). The van der Waals surface area contributed by atoms with Crippen molar-refractivity contribution in [3.63, 3.8) is 0 Å². The first kappa shape index (κ1) is 19.5. The minimum atomic E-state index is -4.31. The Balaban J connectivity index is 1.90.